The average molecular weight is 365 g/mol. The van der Waals surface area contributed by atoms with Crippen LogP contribution in [0.25, 0.3) is 0 Å². The molecule has 0 saturated heterocycles. The molecule has 0 saturated carbocycles. The van der Waals surface area contributed by atoms with Gasteiger partial charge in [0, 0.05) is 26.0 Å². The fraction of sp³-hybridized carbons (Fsp3) is 0.917. The van der Waals surface area contributed by atoms with Crippen LogP contribution in [0.3, 0.4) is 0 Å². The van der Waals surface area contributed by atoms with Crippen molar-refractivity contribution in [1.29, 1.82) is 0 Å². The molecule has 26 heavy (non-hydrogen) atoms. The van der Waals surface area contributed by atoms with Crippen LogP contribution in [0.5, 0.6) is 0 Å². The third kappa shape index (κ3) is 11.1. The van der Waals surface area contributed by atoms with E-state index in [0.29, 0.717) is 6.17 Å². The molecule has 0 aromatic heterocycles. The molecule has 1 aliphatic rings. The van der Waals surface area contributed by atoms with Crippen LogP contribution in [0.2, 0.25) is 0 Å². The summed E-state index contributed by atoms with van der Waals surface area (Å²) in [4.78, 5) is 5.01. The zero-order valence-corrected chi connectivity index (χ0v) is 18.4. The first-order valence-corrected chi connectivity index (χ1v) is 12.0. The molecule has 0 radical (unpaired) electrons. The highest BCUT2D eigenvalue weighted by atomic mass is 15.4. The molecule has 0 aliphatic carbocycles. The lowest BCUT2D eigenvalue weighted by Gasteiger charge is -2.30. The van der Waals surface area contributed by atoms with Gasteiger partial charge in [0.25, 0.3) is 0 Å². The quantitative estimate of drug-likeness (QED) is 0.230. The van der Waals surface area contributed by atoms with Crippen molar-refractivity contribution in [1.82, 2.24) is 9.80 Å². The average Bonchev–Trinajstić information content (AvgIpc) is 2.99. The van der Waals surface area contributed by atoms with E-state index in [-0.39, 0.29) is 0 Å². The van der Waals surface area contributed by atoms with E-state index >= 15 is 0 Å². The number of rotatable bonds is 18. The maximum absolute atomic E-state index is 2.59. The highest BCUT2D eigenvalue weighted by Gasteiger charge is 2.22. The number of hydrogen-bond acceptors (Lipinski definition) is 2. The minimum absolute atomic E-state index is 0.625. The molecular formula is C24H48N2. The zero-order valence-electron chi connectivity index (χ0n) is 18.4. The van der Waals surface area contributed by atoms with E-state index in [4.69, 9.17) is 0 Å². The molecule has 1 unspecified atom stereocenters. The molecule has 1 aliphatic heterocycles. The minimum atomic E-state index is 0.625. The molecule has 0 fully saturated rings. The van der Waals surface area contributed by atoms with E-state index < -0.39 is 0 Å². The Balaban J connectivity index is 1.99. The Kier molecular flexibility index (Phi) is 14.8. The van der Waals surface area contributed by atoms with Crippen molar-refractivity contribution in [2.75, 3.05) is 13.6 Å². The molecule has 0 N–H and O–H groups in total. The molecule has 154 valence electrons. The fourth-order valence-corrected chi connectivity index (χ4v) is 4.11. The van der Waals surface area contributed by atoms with Gasteiger partial charge in [0.15, 0.2) is 0 Å². The predicted molar refractivity (Wildman–Crippen MR) is 117 cm³/mol. The molecule has 1 rings (SSSR count). The highest BCUT2D eigenvalue weighted by molar-refractivity contribution is 4.95. The normalized spacial score (nSPS) is 16.8. The Hall–Kier alpha value is -0.660. The second-order valence-corrected chi connectivity index (χ2v) is 8.42. The van der Waals surface area contributed by atoms with Crippen LogP contribution < -0.4 is 0 Å². The van der Waals surface area contributed by atoms with E-state index in [9.17, 15) is 0 Å². The smallest absolute Gasteiger partial charge is 0.100 e. The maximum atomic E-state index is 2.59. The topological polar surface area (TPSA) is 6.48 Å². The van der Waals surface area contributed by atoms with Crippen LogP contribution in [0.15, 0.2) is 12.4 Å². The zero-order chi connectivity index (χ0) is 18.9. The van der Waals surface area contributed by atoms with Gasteiger partial charge in [-0.25, -0.2) is 0 Å². The van der Waals surface area contributed by atoms with Crippen molar-refractivity contribution in [2.45, 2.75) is 129 Å². The van der Waals surface area contributed by atoms with E-state index in [0.717, 1.165) is 0 Å². The Labute approximate surface area is 165 Å². The van der Waals surface area contributed by atoms with Crippen molar-refractivity contribution < 1.29 is 0 Å². The van der Waals surface area contributed by atoms with E-state index in [2.05, 4.69) is 43.1 Å². The van der Waals surface area contributed by atoms with Crippen molar-refractivity contribution in [2.24, 2.45) is 0 Å². The Bertz CT molecular complexity index is 326. The molecule has 1 heterocycles. The lowest BCUT2D eigenvalue weighted by Crippen LogP contribution is -2.37. The van der Waals surface area contributed by atoms with Crippen molar-refractivity contribution in [3.05, 3.63) is 12.4 Å². The van der Waals surface area contributed by atoms with E-state index in [1.807, 2.05) is 0 Å². The second kappa shape index (κ2) is 16.5. The van der Waals surface area contributed by atoms with Gasteiger partial charge < -0.3 is 9.80 Å². The summed E-state index contributed by atoms with van der Waals surface area (Å²) in [7, 11) is 2.25. The first-order valence-electron chi connectivity index (χ1n) is 12.0. The Morgan fingerprint density at radius 3 is 1.58 bits per heavy atom. The molecule has 0 amide bonds. The third-order valence-corrected chi connectivity index (χ3v) is 5.93. The van der Waals surface area contributed by atoms with Gasteiger partial charge in [0.2, 0.25) is 0 Å². The van der Waals surface area contributed by atoms with Crippen LogP contribution in [-0.4, -0.2) is 29.6 Å². The van der Waals surface area contributed by atoms with Gasteiger partial charge in [-0.15, -0.1) is 0 Å². The summed E-state index contributed by atoms with van der Waals surface area (Å²) < 4.78 is 0. The van der Waals surface area contributed by atoms with E-state index in [1.165, 1.54) is 116 Å². The van der Waals surface area contributed by atoms with Crippen molar-refractivity contribution in [3.63, 3.8) is 0 Å². The Morgan fingerprint density at radius 1 is 0.577 bits per heavy atom. The SMILES string of the molecule is CCCCCCCCCCCCN1C=CN(C)C1CCCCCCCC. The fourth-order valence-electron chi connectivity index (χ4n) is 4.11. The number of unbranched alkanes of at least 4 members (excludes halogenated alkanes) is 14. The van der Waals surface area contributed by atoms with E-state index in [1.54, 1.807) is 0 Å². The summed E-state index contributed by atoms with van der Waals surface area (Å²) in [6.45, 7) is 5.84. The summed E-state index contributed by atoms with van der Waals surface area (Å²) in [5.41, 5.74) is 0. The van der Waals surface area contributed by atoms with Gasteiger partial charge in [-0.05, 0) is 19.3 Å². The molecule has 0 aromatic carbocycles. The Morgan fingerprint density at radius 2 is 1.04 bits per heavy atom. The molecule has 2 nitrogen and oxygen atoms in total. The van der Waals surface area contributed by atoms with Gasteiger partial charge in [-0.2, -0.15) is 0 Å². The van der Waals surface area contributed by atoms with Gasteiger partial charge in [0.1, 0.15) is 6.17 Å². The number of hydrogen-bond donors (Lipinski definition) is 0. The summed E-state index contributed by atoms with van der Waals surface area (Å²) in [5, 5.41) is 0. The predicted octanol–water partition coefficient (Wildman–Crippen LogP) is 7.70. The third-order valence-electron chi connectivity index (χ3n) is 5.93. The summed E-state index contributed by atoms with van der Waals surface area (Å²) >= 11 is 0. The standard InChI is InChI=1S/C24H48N2/c1-4-6-8-10-12-13-14-15-17-19-21-26-23-22-25(3)24(26)20-18-16-11-9-7-5-2/h22-24H,4-21H2,1-3H3. The van der Waals surface area contributed by atoms with Gasteiger partial charge in [-0.1, -0.05) is 104 Å². The van der Waals surface area contributed by atoms with Crippen LogP contribution in [0.4, 0.5) is 0 Å². The van der Waals surface area contributed by atoms with Crippen LogP contribution in [0, 0.1) is 0 Å². The maximum Gasteiger partial charge on any atom is 0.100 e. The second-order valence-electron chi connectivity index (χ2n) is 8.42. The first kappa shape index (κ1) is 23.4. The van der Waals surface area contributed by atoms with Crippen LogP contribution in [0.1, 0.15) is 123 Å². The first-order chi connectivity index (χ1) is 12.8. The van der Waals surface area contributed by atoms with Gasteiger partial charge >= 0.3 is 0 Å². The van der Waals surface area contributed by atoms with Crippen molar-refractivity contribution in [3.8, 4) is 0 Å². The molecule has 0 aromatic rings. The monoisotopic (exact) mass is 364 g/mol. The summed E-state index contributed by atoms with van der Waals surface area (Å²) in [5.74, 6) is 0. The number of nitrogens with zero attached hydrogens (tertiary/aromatic N) is 2. The van der Waals surface area contributed by atoms with Gasteiger partial charge in [-0.3, -0.25) is 0 Å². The molecular weight excluding hydrogens is 316 g/mol. The minimum Gasteiger partial charge on any atom is -0.359 e. The van der Waals surface area contributed by atoms with Gasteiger partial charge in [0.05, 0.1) is 0 Å². The lowest BCUT2D eigenvalue weighted by molar-refractivity contribution is 0.159. The largest absolute Gasteiger partial charge is 0.359 e. The highest BCUT2D eigenvalue weighted by Crippen LogP contribution is 2.21. The molecule has 0 bridgehead atoms. The van der Waals surface area contributed by atoms with Crippen LogP contribution >= 0.6 is 0 Å². The summed E-state index contributed by atoms with van der Waals surface area (Å²) in [6, 6.07) is 0. The summed E-state index contributed by atoms with van der Waals surface area (Å²) in [6.07, 6.45) is 29.2. The van der Waals surface area contributed by atoms with Crippen molar-refractivity contribution >= 4 is 0 Å². The lowest BCUT2D eigenvalue weighted by atomic mass is 10.1. The van der Waals surface area contributed by atoms with Crippen LogP contribution in [-0.2, 0) is 0 Å². The molecule has 1 atom stereocenters. The molecule has 0 spiro atoms. The molecule has 2 heteroatoms.